The molecule has 3 N–H and O–H groups in total. The van der Waals surface area contributed by atoms with Crippen LogP contribution >= 0.6 is 0 Å². The highest BCUT2D eigenvalue weighted by molar-refractivity contribution is 4.81. The van der Waals surface area contributed by atoms with Gasteiger partial charge in [-0.05, 0) is 26.7 Å². The van der Waals surface area contributed by atoms with Gasteiger partial charge in [-0.15, -0.1) is 0 Å². The highest BCUT2D eigenvalue weighted by Gasteiger charge is 2.25. The first-order valence-corrected chi connectivity index (χ1v) is 5.29. The number of likely N-dealkylation sites (tertiary alicyclic amines) is 1. The number of piperidine rings is 1. The Bertz CT molecular complexity index is 142. The summed E-state index contributed by atoms with van der Waals surface area (Å²) in [6.45, 7) is 5.58. The molecule has 0 bridgehead atoms. The number of aliphatic hydroxyl groups excluding tert-OH is 1. The van der Waals surface area contributed by atoms with Crippen molar-refractivity contribution >= 4 is 0 Å². The lowest BCUT2D eigenvalue weighted by Gasteiger charge is -2.39. The van der Waals surface area contributed by atoms with Crippen molar-refractivity contribution in [3.63, 3.8) is 0 Å². The fraction of sp³-hybridized carbons (Fsp3) is 1.00. The van der Waals surface area contributed by atoms with Gasteiger partial charge in [-0.25, -0.2) is 0 Å². The smallest absolute Gasteiger partial charge is 0.0789 e. The van der Waals surface area contributed by atoms with Crippen molar-refractivity contribution in [3.05, 3.63) is 0 Å². The number of β-amino-alcohol motifs (C(OH)–C–C–N with tert-alkyl or cyclic N) is 1. The number of nitrogens with two attached hydrogens (primary N) is 1. The molecule has 0 spiro atoms. The molecule has 0 aromatic carbocycles. The second-order valence-corrected chi connectivity index (χ2v) is 4.22. The van der Waals surface area contributed by atoms with Crippen molar-refractivity contribution in [2.75, 3.05) is 13.1 Å². The fourth-order valence-electron chi connectivity index (χ4n) is 2.15. The average molecular weight is 186 g/mol. The van der Waals surface area contributed by atoms with Crippen molar-refractivity contribution in [1.29, 1.82) is 0 Å². The zero-order chi connectivity index (χ0) is 9.84. The zero-order valence-electron chi connectivity index (χ0n) is 8.74. The van der Waals surface area contributed by atoms with Crippen LogP contribution in [0.3, 0.4) is 0 Å². The lowest BCUT2D eigenvalue weighted by atomic mass is 9.97. The first-order chi connectivity index (χ1) is 6.15. The topological polar surface area (TPSA) is 49.5 Å². The predicted molar refractivity (Wildman–Crippen MR) is 54.5 cm³/mol. The fourth-order valence-corrected chi connectivity index (χ4v) is 2.15. The summed E-state index contributed by atoms with van der Waals surface area (Å²) in [5.41, 5.74) is 5.40. The molecule has 0 aliphatic carbocycles. The van der Waals surface area contributed by atoms with Gasteiger partial charge < -0.3 is 10.8 Å². The molecule has 1 aliphatic heterocycles. The lowest BCUT2D eigenvalue weighted by molar-refractivity contribution is 0.0452. The van der Waals surface area contributed by atoms with E-state index in [-0.39, 0.29) is 6.10 Å². The Hall–Kier alpha value is -0.120. The highest BCUT2D eigenvalue weighted by atomic mass is 16.3. The Kier molecular flexibility index (Phi) is 4.16. The van der Waals surface area contributed by atoms with Gasteiger partial charge in [0.25, 0.3) is 0 Å². The largest absolute Gasteiger partial charge is 0.390 e. The minimum absolute atomic E-state index is 0.358. The minimum atomic E-state index is -0.358. The third-order valence-corrected chi connectivity index (χ3v) is 3.07. The molecule has 3 atom stereocenters. The summed E-state index contributed by atoms with van der Waals surface area (Å²) in [4.78, 5) is 2.38. The third-order valence-electron chi connectivity index (χ3n) is 3.07. The molecule has 1 aliphatic rings. The van der Waals surface area contributed by atoms with E-state index in [1.165, 1.54) is 19.3 Å². The SMILES string of the molecule is C[C@@H]1CCC[C@H](C)N1C[C@@H](O)CN. The average Bonchev–Trinajstić information content (AvgIpc) is 2.11. The van der Waals surface area contributed by atoms with E-state index in [1.807, 2.05) is 0 Å². The molecule has 3 heteroatoms. The first kappa shape index (κ1) is 11.0. The summed E-state index contributed by atoms with van der Waals surface area (Å²) in [6, 6.07) is 1.20. The summed E-state index contributed by atoms with van der Waals surface area (Å²) in [5, 5.41) is 9.48. The van der Waals surface area contributed by atoms with Crippen LogP contribution in [0.5, 0.6) is 0 Å². The Morgan fingerprint density at radius 3 is 2.38 bits per heavy atom. The number of hydrogen-bond donors (Lipinski definition) is 2. The number of nitrogens with zero attached hydrogens (tertiary/aromatic N) is 1. The summed E-state index contributed by atoms with van der Waals surface area (Å²) in [5.74, 6) is 0. The second kappa shape index (κ2) is 4.94. The molecule has 78 valence electrons. The van der Waals surface area contributed by atoms with Crippen LogP contribution < -0.4 is 5.73 Å². The molecular formula is C10H22N2O. The normalized spacial score (nSPS) is 33.2. The Morgan fingerprint density at radius 2 is 1.92 bits per heavy atom. The maximum atomic E-state index is 9.48. The van der Waals surface area contributed by atoms with Crippen molar-refractivity contribution in [2.24, 2.45) is 5.73 Å². The van der Waals surface area contributed by atoms with Gasteiger partial charge in [0.1, 0.15) is 0 Å². The van der Waals surface area contributed by atoms with Crippen LogP contribution in [0.15, 0.2) is 0 Å². The number of hydrogen-bond acceptors (Lipinski definition) is 3. The Balaban J connectivity index is 2.43. The van der Waals surface area contributed by atoms with E-state index in [1.54, 1.807) is 0 Å². The van der Waals surface area contributed by atoms with E-state index < -0.39 is 0 Å². The van der Waals surface area contributed by atoms with Crippen molar-refractivity contribution in [3.8, 4) is 0 Å². The van der Waals surface area contributed by atoms with Gasteiger partial charge in [0.05, 0.1) is 6.10 Å². The van der Waals surface area contributed by atoms with Gasteiger partial charge in [0, 0.05) is 25.2 Å². The van der Waals surface area contributed by atoms with Crippen LogP contribution in [-0.2, 0) is 0 Å². The molecule has 1 fully saturated rings. The zero-order valence-corrected chi connectivity index (χ0v) is 8.74. The van der Waals surface area contributed by atoms with Gasteiger partial charge in [-0.2, -0.15) is 0 Å². The van der Waals surface area contributed by atoms with E-state index in [0.29, 0.717) is 18.6 Å². The van der Waals surface area contributed by atoms with Crippen molar-refractivity contribution < 1.29 is 5.11 Å². The summed E-state index contributed by atoms with van der Waals surface area (Å²) < 4.78 is 0. The van der Waals surface area contributed by atoms with E-state index in [2.05, 4.69) is 18.7 Å². The van der Waals surface area contributed by atoms with Crippen molar-refractivity contribution in [1.82, 2.24) is 4.90 Å². The molecule has 13 heavy (non-hydrogen) atoms. The van der Waals surface area contributed by atoms with E-state index in [0.717, 1.165) is 6.54 Å². The van der Waals surface area contributed by atoms with Gasteiger partial charge >= 0.3 is 0 Å². The quantitative estimate of drug-likeness (QED) is 0.677. The lowest BCUT2D eigenvalue weighted by Crippen LogP contribution is -2.48. The molecule has 1 saturated heterocycles. The van der Waals surface area contributed by atoms with Gasteiger partial charge in [-0.3, -0.25) is 4.90 Å². The summed E-state index contributed by atoms with van der Waals surface area (Å²) in [7, 11) is 0. The van der Waals surface area contributed by atoms with Crippen LogP contribution in [0.1, 0.15) is 33.1 Å². The molecule has 0 saturated carbocycles. The molecule has 1 heterocycles. The molecule has 3 nitrogen and oxygen atoms in total. The second-order valence-electron chi connectivity index (χ2n) is 4.22. The van der Waals surface area contributed by atoms with Gasteiger partial charge in [-0.1, -0.05) is 6.42 Å². The molecular weight excluding hydrogens is 164 g/mol. The van der Waals surface area contributed by atoms with Crippen LogP contribution in [0.25, 0.3) is 0 Å². The highest BCUT2D eigenvalue weighted by Crippen LogP contribution is 2.22. The molecule has 0 aromatic heterocycles. The molecule has 0 radical (unpaired) electrons. The van der Waals surface area contributed by atoms with Crippen LogP contribution in [0.4, 0.5) is 0 Å². The first-order valence-electron chi connectivity index (χ1n) is 5.29. The predicted octanol–water partition coefficient (Wildman–Crippen LogP) is 0.569. The van der Waals surface area contributed by atoms with Crippen molar-refractivity contribution in [2.45, 2.75) is 51.3 Å². The number of aliphatic hydroxyl groups is 1. The maximum absolute atomic E-state index is 9.48. The Labute approximate surface area is 80.9 Å². The number of rotatable bonds is 3. The minimum Gasteiger partial charge on any atom is -0.390 e. The molecule has 0 amide bonds. The van der Waals surface area contributed by atoms with Crippen LogP contribution in [0, 0.1) is 0 Å². The maximum Gasteiger partial charge on any atom is 0.0789 e. The van der Waals surface area contributed by atoms with Crippen LogP contribution in [-0.4, -0.2) is 41.3 Å². The van der Waals surface area contributed by atoms with Gasteiger partial charge in [0.2, 0.25) is 0 Å². The Morgan fingerprint density at radius 1 is 1.38 bits per heavy atom. The van der Waals surface area contributed by atoms with E-state index in [9.17, 15) is 5.11 Å². The monoisotopic (exact) mass is 186 g/mol. The summed E-state index contributed by atoms with van der Waals surface area (Å²) in [6.07, 6.45) is 3.46. The van der Waals surface area contributed by atoms with E-state index >= 15 is 0 Å². The van der Waals surface area contributed by atoms with Gasteiger partial charge in [0.15, 0.2) is 0 Å². The molecule has 0 unspecified atom stereocenters. The van der Waals surface area contributed by atoms with Crippen LogP contribution in [0.2, 0.25) is 0 Å². The third kappa shape index (κ3) is 2.93. The van der Waals surface area contributed by atoms with E-state index in [4.69, 9.17) is 5.73 Å². The molecule has 0 aromatic rings. The summed E-state index contributed by atoms with van der Waals surface area (Å²) >= 11 is 0. The molecule has 1 rings (SSSR count). The standard InChI is InChI=1S/C10H22N2O/c1-8-4-3-5-9(2)12(8)7-10(13)6-11/h8-10,13H,3-7,11H2,1-2H3/t8-,9+,10-/m0/s1.